The van der Waals surface area contributed by atoms with E-state index in [1.165, 1.54) is 45.2 Å². The lowest BCUT2D eigenvalue weighted by Crippen LogP contribution is -2.40. The van der Waals surface area contributed by atoms with Crippen LogP contribution < -0.4 is 5.73 Å². The molecule has 0 bridgehead atoms. The molecule has 2 aliphatic rings. The number of likely N-dealkylation sites (tertiary alicyclic amines) is 1. The number of rotatable bonds is 4. The van der Waals surface area contributed by atoms with Crippen LogP contribution in [0.25, 0.3) is 0 Å². The van der Waals surface area contributed by atoms with Crippen LogP contribution in [0.15, 0.2) is 0 Å². The van der Waals surface area contributed by atoms with E-state index in [9.17, 15) is 0 Å². The van der Waals surface area contributed by atoms with E-state index < -0.39 is 0 Å². The molecule has 0 aromatic rings. The highest BCUT2D eigenvalue weighted by atomic mass is 16.5. The van der Waals surface area contributed by atoms with Crippen molar-refractivity contribution in [2.24, 2.45) is 5.73 Å². The Morgan fingerprint density at radius 2 is 1.80 bits per heavy atom. The average molecular weight is 212 g/mol. The predicted octanol–water partition coefficient (Wildman–Crippen LogP) is 1.37. The summed E-state index contributed by atoms with van der Waals surface area (Å²) in [4.78, 5) is 2.49. The number of nitrogens with two attached hydrogens (primary N) is 1. The summed E-state index contributed by atoms with van der Waals surface area (Å²) in [5.41, 5.74) is 6.03. The zero-order valence-electron chi connectivity index (χ0n) is 9.66. The van der Waals surface area contributed by atoms with Gasteiger partial charge in [0.2, 0.25) is 0 Å². The van der Waals surface area contributed by atoms with Gasteiger partial charge in [0.05, 0.1) is 12.7 Å². The first kappa shape index (κ1) is 11.4. The molecule has 2 atom stereocenters. The van der Waals surface area contributed by atoms with Crippen molar-refractivity contribution in [2.45, 2.75) is 50.7 Å². The maximum atomic E-state index is 6.03. The summed E-state index contributed by atoms with van der Waals surface area (Å²) in [7, 11) is 0. The first-order valence-electron chi connectivity index (χ1n) is 6.46. The molecule has 1 saturated carbocycles. The second-order valence-electron chi connectivity index (χ2n) is 4.91. The Balaban J connectivity index is 1.59. The van der Waals surface area contributed by atoms with Gasteiger partial charge in [-0.1, -0.05) is 12.8 Å². The topological polar surface area (TPSA) is 38.5 Å². The van der Waals surface area contributed by atoms with E-state index in [4.69, 9.17) is 10.5 Å². The number of hydrogen-bond acceptors (Lipinski definition) is 3. The van der Waals surface area contributed by atoms with Crippen LogP contribution in [0.2, 0.25) is 0 Å². The Hall–Kier alpha value is -0.120. The predicted molar refractivity (Wildman–Crippen MR) is 61.9 cm³/mol. The van der Waals surface area contributed by atoms with Crippen LogP contribution in [-0.2, 0) is 4.74 Å². The van der Waals surface area contributed by atoms with E-state index in [1.54, 1.807) is 0 Å². The van der Waals surface area contributed by atoms with Gasteiger partial charge in [-0.25, -0.2) is 0 Å². The van der Waals surface area contributed by atoms with Gasteiger partial charge in [0.1, 0.15) is 0 Å². The molecular weight excluding hydrogens is 188 g/mol. The summed E-state index contributed by atoms with van der Waals surface area (Å²) >= 11 is 0. The van der Waals surface area contributed by atoms with E-state index in [0.717, 1.165) is 19.6 Å². The summed E-state index contributed by atoms with van der Waals surface area (Å²) in [6.07, 6.45) is 7.96. The van der Waals surface area contributed by atoms with Crippen molar-refractivity contribution in [3.05, 3.63) is 0 Å². The van der Waals surface area contributed by atoms with Crippen LogP contribution in [0, 0.1) is 0 Å². The lowest BCUT2D eigenvalue weighted by Gasteiger charge is -2.29. The third kappa shape index (κ3) is 3.44. The highest BCUT2D eigenvalue weighted by Crippen LogP contribution is 2.19. The quantitative estimate of drug-likeness (QED) is 0.765. The van der Waals surface area contributed by atoms with Crippen molar-refractivity contribution in [3.8, 4) is 0 Å². The van der Waals surface area contributed by atoms with Crippen molar-refractivity contribution in [1.82, 2.24) is 4.90 Å². The Morgan fingerprint density at radius 3 is 2.53 bits per heavy atom. The summed E-state index contributed by atoms with van der Waals surface area (Å²) in [6.45, 7) is 4.50. The first-order valence-corrected chi connectivity index (χ1v) is 6.46. The van der Waals surface area contributed by atoms with Crippen LogP contribution >= 0.6 is 0 Å². The van der Waals surface area contributed by atoms with E-state index in [2.05, 4.69) is 4.90 Å². The highest BCUT2D eigenvalue weighted by molar-refractivity contribution is 4.78. The van der Waals surface area contributed by atoms with Crippen LogP contribution in [0.1, 0.15) is 38.5 Å². The van der Waals surface area contributed by atoms with Crippen LogP contribution in [0.5, 0.6) is 0 Å². The molecule has 0 aromatic carbocycles. The van der Waals surface area contributed by atoms with Gasteiger partial charge in [-0.3, -0.25) is 0 Å². The molecule has 2 rings (SSSR count). The highest BCUT2D eigenvalue weighted by Gasteiger charge is 2.22. The zero-order chi connectivity index (χ0) is 10.5. The molecule has 0 amide bonds. The summed E-state index contributed by atoms with van der Waals surface area (Å²) < 4.78 is 5.89. The van der Waals surface area contributed by atoms with E-state index in [-0.39, 0.29) is 6.04 Å². The minimum atomic E-state index is 0.289. The van der Waals surface area contributed by atoms with Crippen molar-refractivity contribution in [1.29, 1.82) is 0 Å². The molecule has 1 aliphatic heterocycles. The normalized spacial score (nSPS) is 33.4. The van der Waals surface area contributed by atoms with Gasteiger partial charge in [-0.2, -0.15) is 0 Å². The Morgan fingerprint density at radius 1 is 1.07 bits per heavy atom. The molecule has 88 valence electrons. The molecule has 15 heavy (non-hydrogen) atoms. The van der Waals surface area contributed by atoms with Crippen molar-refractivity contribution < 1.29 is 4.74 Å². The van der Waals surface area contributed by atoms with Crippen LogP contribution in [0.3, 0.4) is 0 Å². The average Bonchev–Trinajstić information content (AvgIpc) is 2.74. The molecule has 0 aromatic heterocycles. The second-order valence-corrected chi connectivity index (χ2v) is 4.91. The Bertz CT molecular complexity index is 180. The summed E-state index contributed by atoms with van der Waals surface area (Å²) in [5, 5.41) is 0. The Labute approximate surface area is 93.0 Å². The van der Waals surface area contributed by atoms with Gasteiger partial charge in [0, 0.05) is 12.6 Å². The van der Waals surface area contributed by atoms with Gasteiger partial charge in [-0.15, -0.1) is 0 Å². The number of ether oxygens (including phenoxy) is 1. The lowest BCUT2D eigenvalue weighted by molar-refractivity contribution is 0.00669. The zero-order valence-corrected chi connectivity index (χ0v) is 9.66. The van der Waals surface area contributed by atoms with Gasteiger partial charge in [-0.05, 0) is 38.8 Å². The van der Waals surface area contributed by atoms with Crippen molar-refractivity contribution in [2.75, 3.05) is 26.2 Å². The van der Waals surface area contributed by atoms with Gasteiger partial charge in [0.25, 0.3) is 0 Å². The molecule has 0 spiro atoms. The fourth-order valence-electron chi connectivity index (χ4n) is 2.67. The monoisotopic (exact) mass is 212 g/mol. The molecule has 1 heterocycles. The second kappa shape index (κ2) is 5.83. The summed E-state index contributed by atoms with van der Waals surface area (Å²) in [6, 6.07) is 0.289. The molecule has 1 saturated heterocycles. The van der Waals surface area contributed by atoms with Gasteiger partial charge < -0.3 is 15.4 Å². The molecular formula is C12H24N2O. The number of hydrogen-bond donors (Lipinski definition) is 1. The summed E-state index contributed by atoms with van der Waals surface area (Å²) in [5.74, 6) is 0. The fourth-order valence-corrected chi connectivity index (χ4v) is 2.67. The maximum Gasteiger partial charge on any atom is 0.0726 e. The SMILES string of the molecule is NC1CCCCC1OCCN1CCCC1. The van der Waals surface area contributed by atoms with Gasteiger partial charge >= 0.3 is 0 Å². The van der Waals surface area contributed by atoms with Crippen LogP contribution in [0.4, 0.5) is 0 Å². The molecule has 1 aliphatic carbocycles. The van der Waals surface area contributed by atoms with Gasteiger partial charge in [0.15, 0.2) is 0 Å². The third-order valence-electron chi connectivity index (χ3n) is 3.69. The maximum absolute atomic E-state index is 6.03. The molecule has 2 unspecified atom stereocenters. The standard InChI is InChI=1S/C12H24N2O/c13-11-5-1-2-6-12(11)15-10-9-14-7-3-4-8-14/h11-12H,1-10,13H2. The third-order valence-corrected chi connectivity index (χ3v) is 3.69. The minimum absolute atomic E-state index is 0.289. The van der Waals surface area contributed by atoms with E-state index >= 15 is 0 Å². The Kier molecular flexibility index (Phi) is 4.42. The lowest BCUT2D eigenvalue weighted by atomic mass is 9.93. The van der Waals surface area contributed by atoms with E-state index in [0.29, 0.717) is 6.10 Å². The first-order chi connectivity index (χ1) is 7.36. The van der Waals surface area contributed by atoms with Crippen LogP contribution in [-0.4, -0.2) is 43.3 Å². The van der Waals surface area contributed by atoms with Crippen molar-refractivity contribution >= 4 is 0 Å². The number of nitrogens with zero attached hydrogens (tertiary/aromatic N) is 1. The molecule has 2 N–H and O–H groups in total. The van der Waals surface area contributed by atoms with E-state index in [1.807, 2.05) is 0 Å². The molecule has 3 heteroatoms. The molecule has 0 radical (unpaired) electrons. The minimum Gasteiger partial charge on any atom is -0.375 e. The molecule has 2 fully saturated rings. The fraction of sp³-hybridized carbons (Fsp3) is 1.00. The molecule has 3 nitrogen and oxygen atoms in total. The largest absolute Gasteiger partial charge is 0.375 e. The van der Waals surface area contributed by atoms with Crippen molar-refractivity contribution in [3.63, 3.8) is 0 Å². The smallest absolute Gasteiger partial charge is 0.0726 e.